The molecule has 2 unspecified atom stereocenters. The first kappa shape index (κ1) is 16.7. The molecule has 7 heteroatoms. The van der Waals surface area contributed by atoms with E-state index in [0.29, 0.717) is 18.1 Å². The molecule has 2 atom stereocenters. The Hall–Kier alpha value is -1.11. The maximum absolute atomic E-state index is 12.9. The molecule has 0 aliphatic carbocycles. The highest BCUT2D eigenvalue weighted by molar-refractivity contribution is 7.20. The third kappa shape index (κ3) is 2.77. The molecule has 0 saturated carbocycles. The van der Waals surface area contributed by atoms with E-state index in [1.54, 1.807) is 11.3 Å². The smallest absolute Gasteiger partial charge is 0.264 e. The summed E-state index contributed by atoms with van der Waals surface area (Å²) >= 11 is 1.56. The number of aryl methyl sites for hydroxylation is 2. The first-order chi connectivity index (χ1) is 10.5. The number of halogens is 1. The molecule has 0 radical (unpaired) electrons. The lowest BCUT2D eigenvalue weighted by Gasteiger charge is -2.35. The molecular weight excluding hydrogens is 332 g/mol. The molecule has 2 saturated heterocycles. The number of nitrogens with one attached hydrogen (secondary N) is 1. The van der Waals surface area contributed by atoms with Gasteiger partial charge in [0.05, 0.1) is 10.6 Å². The quantitative estimate of drug-likeness (QED) is 0.902. The van der Waals surface area contributed by atoms with Gasteiger partial charge >= 0.3 is 0 Å². The van der Waals surface area contributed by atoms with Gasteiger partial charge in [0, 0.05) is 37.6 Å². The number of fused-ring (bicyclic) bond motifs is 3. The minimum atomic E-state index is 0. The van der Waals surface area contributed by atoms with Gasteiger partial charge in [0.1, 0.15) is 4.83 Å². The molecule has 2 aromatic rings. The predicted octanol–water partition coefficient (Wildman–Crippen LogP) is 2.72. The van der Waals surface area contributed by atoms with Crippen LogP contribution in [0.15, 0.2) is 6.07 Å². The molecule has 4 heterocycles. The van der Waals surface area contributed by atoms with Gasteiger partial charge in [-0.15, -0.1) is 23.7 Å². The molecule has 4 rings (SSSR count). The highest BCUT2D eigenvalue weighted by atomic mass is 35.5. The minimum Gasteiger partial charge on any atom is -0.338 e. The number of carbonyl (C=O) groups is 1. The normalized spacial score (nSPS) is 26.3. The van der Waals surface area contributed by atoms with Gasteiger partial charge in [-0.05, 0) is 38.7 Å². The summed E-state index contributed by atoms with van der Waals surface area (Å²) < 4.78 is 1.87. The molecule has 2 aliphatic rings. The SMILES string of the molecule is Cc1nn(C)c2sc(C(=O)N(C)C3CC4CCC(C3)N4)cc12.Cl. The summed E-state index contributed by atoms with van der Waals surface area (Å²) in [5, 5.41) is 9.15. The fourth-order valence-electron chi connectivity index (χ4n) is 3.99. The molecule has 0 spiro atoms. The Balaban J connectivity index is 0.00000156. The standard InChI is InChI=1S/C16H22N4OS.ClH/c1-9-13-8-14(22-16(13)20(3)18-9)15(21)19(2)12-6-10-4-5-11(7-12)17-10;/h8,10-12,17H,4-7H2,1-3H3;1H. The van der Waals surface area contributed by atoms with E-state index in [1.807, 2.05) is 36.7 Å². The topological polar surface area (TPSA) is 50.2 Å². The monoisotopic (exact) mass is 354 g/mol. The molecule has 2 aliphatic heterocycles. The van der Waals surface area contributed by atoms with E-state index >= 15 is 0 Å². The van der Waals surface area contributed by atoms with Crippen molar-refractivity contribution < 1.29 is 4.79 Å². The van der Waals surface area contributed by atoms with Gasteiger partial charge in [0.25, 0.3) is 5.91 Å². The summed E-state index contributed by atoms with van der Waals surface area (Å²) in [6.07, 6.45) is 4.70. The average molecular weight is 355 g/mol. The van der Waals surface area contributed by atoms with Crippen molar-refractivity contribution in [3.05, 3.63) is 16.6 Å². The van der Waals surface area contributed by atoms with Crippen LogP contribution >= 0.6 is 23.7 Å². The zero-order valence-corrected chi connectivity index (χ0v) is 15.3. The average Bonchev–Trinajstić information content (AvgIpc) is 3.15. The number of carbonyl (C=O) groups excluding carboxylic acids is 1. The van der Waals surface area contributed by atoms with Crippen molar-refractivity contribution in [2.24, 2.45) is 7.05 Å². The van der Waals surface area contributed by atoms with Crippen molar-refractivity contribution in [3.8, 4) is 0 Å². The molecule has 2 bridgehead atoms. The zero-order valence-electron chi connectivity index (χ0n) is 13.7. The molecular formula is C16H23ClN4OS. The lowest BCUT2D eigenvalue weighted by Crippen LogP contribution is -2.48. The van der Waals surface area contributed by atoms with Crippen LogP contribution in [0, 0.1) is 6.92 Å². The van der Waals surface area contributed by atoms with Gasteiger partial charge in [0.15, 0.2) is 0 Å². The number of rotatable bonds is 2. The summed E-state index contributed by atoms with van der Waals surface area (Å²) in [4.78, 5) is 16.7. The van der Waals surface area contributed by atoms with Crippen LogP contribution in [0.2, 0.25) is 0 Å². The summed E-state index contributed by atoms with van der Waals surface area (Å²) in [6.45, 7) is 2.00. The minimum absolute atomic E-state index is 0. The molecule has 23 heavy (non-hydrogen) atoms. The molecule has 126 valence electrons. The van der Waals surface area contributed by atoms with Crippen LogP contribution in [0.4, 0.5) is 0 Å². The fraction of sp³-hybridized carbons (Fsp3) is 0.625. The number of amides is 1. The van der Waals surface area contributed by atoms with Crippen LogP contribution in [-0.2, 0) is 7.05 Å². The van der Waals surface area contributed by atoms with E-state index < -0.39 is 0 Å². The van der Waals surface area contributed by atoms with Crippen LogP contribution in [-0.4, -0.2) is 45.8 Å². The highest BCUT2D eigenvalue weighted by Gasteiger charge is 2.36. The van der Waals surface area contributed by atoms with E-state index in [9.17, 15) is 4.79 Å². The number of nitrogens with zero attached hydrogens (tertiary/aromatic N) is 3. The zero-order chi connectivity index (χ0) is 15.4. The molecule has 2 fully saturated rings. The summed E-state index contributed by atoms with van der Waals surface area (Å²) in [7, 11) is 3.90. The first-order valence-electron chi connectivity index (χ1n) is 7.99. The van der Waals surface area contributed by atoms with E-state index in [2.05, 4.69) is 10.4 Å². The van der Waals surface area contributed by atoms with Crippen LogP contribution in [0.25, 0.3) is 10.2 Å². The number of hydrogen-bond donors (Lipinski definition) is 1. The Morgan fingerprint density at radius 2 is 2.04 bits per heavy atom. The number of hydrogen-bond acceptors (Lipinski definition) is 4. The van der Waals surface area contributed by atoms with E-state index in [-0.39, 0.29) is 18.3 Å². The third-order valence-corrected chi connectivity index (χ3v) is 6.41. The Kier molecular flexibility index (Phi) is 4.42. The summed E-state index contributed by atoms with van der Waals surface area (Å²) in [5.41, 5.74) is 0.996. The lowest BCUT2D eigenvalue weighted by molar-refractivity contribution is 0.0686. The van der Waals surface area contributed by atoms with Gasteiger partial charge in [0.2, 0.25) is 0 Å². The Labute approximate surface area is 146 Å². The van der Waals surface area contributed by atoms with E-state index in [0.717, 1.165) is 33.6 Å². The number of thiophene rings is 1. The largest absolute Gasteiger partial charge is 0.338 e. The first-order valence-corrected chi connectivity index (χ1v) is 8.81. The molecule has 1 N–H and O–H groups in total. The third-order valence-electron chi connectivity index (χ3n) is 5.22. The number of aromatic nitrogens is 2. The van der Waals surface area contributed by atoms with Gasteiger partial charge < -0.3 is 10.2 Å². The van der Waals surface area contributed by atoms with Gasteiger partial charge in [-0.1, -0.05) is 0 Å². The summed E-state index contributed by atoms with van der Waals surface area (Å²) in [6, 6.07) is 3.59. The fourth-order valence-corrected chi connectivity index (χ4v) is 5.10. The van der Waals surface area contributed by atoms with Gasteiger partial charge in [-0.25, -0.2) is 0 Å². The second kappa shape index (κ2) is 6.07. The van der Waals surface area contributed by atoms with Crippen molar-refractivity contribution in [1.29, 1.82) is 0 Å². The van der Waals surface area contributed by atoms with Crippen molar-refractivity contribution in [2.75, 3.05) is 7.05 Å². The van der Waals surface area contributed by atoms with Crippen LogP contribution in [0.3, 0.4) is 0 Å². The predicted molar refractivity (Wildman–Crippen MR) is 95.6 cm³/mol. The van der Waals surface area contributed by atoms with Crippen LogP contribution in [0.1, 0.15) is 41.0 Å². The second-order valence-corrected chi connectivity index (χ2v) is 7.75. The van der Waals surface area contributed by atoms with Crippen molar-refractivity contribution in [1.82, 2.24) is 20.0 Å². The Morgan fingerprint density at radius 3 is 2.65 bits per heavy atom. The molecule has 1 amide bonds. The highest BCUT2D eigenvalue weighted by Crippen LogP contribution is 2.32. The van der Waals surface area contributed by atoms with Gasteiger partial charge in [-0.2, -0.15) is 5.10 Å². The van der Waals surface area contributed by atoms with Crippen molar-refractivity contribution in [3.63, 3.8) is 0 Å². The maximum Gasteiger partial charge on any atom is 0.264 e. The molecule has 0 aromatic carbocycles. The summed E-state index contributed by atoms with van der Waals surface area (Å²) in [5.74, 6) is 0.159. The maximum atomic E-state index is 12.9. The Morgan fingerprint density at radius 1 is 1.39 bits per heavy atom. The van der Waals surface area contributed by atoms with Crippen molar-refractivity contribution in [2.45, 2.75) is 50.7 Å². The second-order valence-electron chi connectivity index (χ2n) is 6.72. The molecule has 2 aromatic heterocycles. The van der Waals surface area contributed by atoms with Gasteiger partial charge in [-0.3, -0.25) is 9.48 Å². The Bertz CT molecular complexity index is 693. The number of piperidine rings is 1. The van der Waals surface area contributed by atoms with E-state index in [1.165, 1.54) is 12.8 Å². The molecule has 5 nitrogen and oxygen atoms in total. The van der Waals surface area contributed by atoms with E-state index in [4.69, 9.17) is 0 Å². The van der Waals surface area contributed by atoms with Crippen LogP contribution in [0.5, 0.6) is 0 Å². The lowest BCUT2D eigenvalue weighted by atomic mass is 9.98. The van der Waals surface area contributed by atoms with Crippen LogP contribution < -0.4 is 5.32 Å². The van der Waals surface area contributed by atoms with Crippen molar-refractivity contribution >= 4 is 39.9 Å².